The average molecular weight is 455 g/mol. The summed E-state index contributed by atoms with van der Waals surface area (Å²) < 4.78 is 11.8. The third-order valence-corrected chi connectivity index (χ3v) is 5.34. The molecule has 1 aliphatic heterocycles. The van der Waals surface area contributed by atoms with E-state index in [2.05, 4.69) is 5.16 Å². The van der Waals surface area contributed by atoms with Crippen LogP contribution in [0.5, 0.6) is 11.5 Å². The van der Waals surface area contributed by atoms with Crippen molar-refractivity contribution in [1.29, 1.82) is 0 Å². The van der Waals surface area contributed by atoms with E-state index >= 15 is 0 Å². The van der Waals surface area contributed by atoms with Crippen LogP contribution in [0.2, 0.25) is 0 Å². The summed E-state index contributed by atoms with van der Waals surface area (Å²) in [4.78, 5) is 30.8. The Morgan fingerprint density at radius 2 is 1.91 bits per heavy atom. The molecule has 0 spiro atoms. The molecule has 0 aromatic heterocycles. The molecule has 176 valence electrons. The van der Waals surface area contributed by atoms with Gasteiger partial charge in [0.15, 0.2) is 6.10 Å². The first kappa shape index (κ1) is 24.1. The highest BCUT2D eigenvalue weighted by molar-refractivity contribution is 6.00. The van der Waals surface area contributed by atoms with Gasteiger partial charge in [-0.15, -0.1) is 0 Å². The molecule has 0 radical (unpaired) electrons. The van der Waals surface area contributed by atoms with Gasteiger partial charge in [0.25, 0.3) is 5.91 Å². The maximum atomic E-state index is 13.2. The lowest BCUT2D eigenvalue weighted by Crippen LogP contribution is -2.47. The fourth-order valence-electron chi connectivity index (χ4n) is 3.77. The summed E-state index contributed by atoms with van der Waals surface area (Å²) >= 11 is 0. The van der Waals surface area contributed by atoms with Gasteiger partial charge in [-0.1, -0.05) is 35.5 Å². The third-order valence-electron chi connectivity index (χ3n) is 5.34. The quantitative estimate of drug-likeness (QED) is 0.295. The van der Waals surface area contributed by atoms with Crippen molar-refractivity contribution < 1.29 is 29.0 Å². The number of oxime groups is 1. The molecule has 33 heavy (non-hydrogen) atoms. The van der Waals surface area contributed by atoms with E-state index in [0.717, 1.165) is 30.7 Å². The molecule has 8 heteroatoms. The first-order valence-corrected chi connectivity index (χ1v) is 11.1. The van der Waals surface area contributed by atoms with Gasteiger partial charge in [-0.05, 0) is 44.4 Å². The van der Waals surface area contributed by atoms with Crippen LogP contribution in [0, 0.1) is 0 Å². The van der Waals surface area contributed by atoms with E-state index in [9.17, 15) is 9.59 Å². The number of hydrogen-bond acceptors (Lipinski definition) is 6. The molecule has 0 saturated heterocycles. The van der Waals surface area contributed by atoms with Crippen molar-refractivity contribution in [2.75, 3.05) is 25.2 Å². The van der Waals surface area contributed by atoms with Crippen molar-refractivity contribution in [3.8, 4) is 11.5 Å². The Bertz CT molecular complexity index is 990. The first-order valence-electron chi connectivity index (χ1n) is 11.1. The van der Waals surface area contributed by atoms with E-state index < -0.39 is 12.1 Å². The number of amides is 1. The molecule has 2 aromatic carbocycles. The summed E-state index contributed by atoms with van der Waals surface area (Å²) in [7, 11) is 1.53. The fourth-order valence-corrected chi connectivity index (χ4v) is 3.77. The van der Waals surface area contributed by atoms with Crippen molar-refractivity contribution in [2.24, 2.45) is 5.16 Å². The highest BCUT2D eigenvalue weighted by Crippen LogP contribution is 2.34. The molecule has 1 aliphatic rings. The molecule has 1 heterocycles. The molecule has 1 atom stereocenters. The minimum absolute atomic E-state index is 0.0987. The van der Waals surface area contributed by atoms with E-state index in [1.54, 1.807) is 29.2 Å². The van der Waals surface area contributed by atoms with Crippen LogP contribution in [-0.4, -0.2) is 49.1 Å². The molecule has 0 aliphatic carbocycles. The van der Waals surface area contributed by atoms with Crippen molar-refractivity contribution >= 4 is 23.3 Å². The van der Waals surface area contributed by atoms with Crippen LogP contribution in [0.4, 0.5) is 5.69 Å². The van der Waals surface area contributed by atoms with Gasteiger partial charge in [0.1, 0.15) is 18.6 Å². The Balaban J connectivity index is 1.61. The van der Waals surface area contributed by atoms with Crippen LogP contribution in [0.15, 0.2) is 53.7 Å². The smallest absolute Gasteiger partial charge is 0.307 e. The summed E-state index contributed by atoms with van der Waals surface area (Å²) in [6, 6.07) is 14.5. The van der Waals surface area contributed by atoms with Gasteiger partial charge in [0.05, 0.1) is 24.4 Å². The minimum Gasteiger partial charge on any atom is -0.493 e. The maximum absolute atomic E-state index is 13.2. The molecule has 1 amide bonds. The summed E-state index contributed by atoms with van der Waals surface area (Å²) in [5, 5.41) is 13.0. The van der Waals surface area contributed by atoms with Gasteiger partial charge >= 0.3 is 5.97 Å². The number of ether oxygens (including phenoxy) is 2. The van der Waals surface area contributed by atoms with E-state index in [4.69, 9.17) is 19.4 Å². The van der Waals surface area contributed by atoms with E-state index in [1.807, 2.05) is 31.2 Å². The van der Waals surface area contributed by atoms with E-state index in [0.29, 0.717) is 30.0 Å². The number of para-hydroxylation sites is 3. The standard InChI is InChI=1S/C25H30N2O6/c1-18(26-31-2)9-7-8-15-27-20-11-4-6-13-22(20)33-23(25(27)30)14-16-32-21-12-5-3-10-19(21)17-24(28)29/h3-6,10-13,23H,7-9,14-17H2,1-2H3,(H,28,29)/b26-18+. The number of carbonyl (C=O) groups excluding carboxylic acids is 1. The summed E-state index contributed by atoms with van der Waals surface area (Å²) in [6.07, 6.45) is 2.08. The van der Waals surface area contributed by atoms with Crippen molar-refractivity contribution in [3.63, 3.8) is 0 Å². The molecule has 3 rings (SSSR count). The van der Waals surface area contributed by atoms with Gasteiger partial charge < -0.3 is 24.3 Å². The zero-order chi connectivity index (χ0) is 23.6. The van der Waals surface area contributed by atoms with Gasteiger partial charge in [-0.3, -0.25) is 9.59 Å². The Hall–Kier alpha value is -3.55. The van der Waals surface area contributed by atoms with Crippen molar-refractivity contribution in [1.82, 2.24) is 0 Å². The van der Waals surface area contributed by atoms with Crippen LogP contribution < -0.4 is 14.4 Å². The zero-order valence-corrected chi connectivity index (χ0v) is 19.0. The molecule has 0 fully saturated rings. The lowest BCUT2D eigenvalue weighted by atomic mass is 10.1. The number of anilines is 1. The van der Waals surface area contributed by atoms with Crippen LogP contribution in [0.25, 0.3) is 0 Å². The lowest BCUT2D eigenvalue weighted by molar-refractivity contribution is -0.136. The lowest BCUT2D eigenvalue weighted by Gasteiger charge is -2.34. The van der Waals surface area contributed by atoms with Crippen molar-refractivity contribution in [2.45, 2.75) is 45.1 Å². The molecule has 0 saturated carbocycles. The van der Waals surface area contributed by atoms with Gasteiger partial charge in [0.2, 0.25) is 0 Å². The summed E-state index contributed by atoms with van der Waals surface area (Å²) in [5.74, 6) is 0.158. The second-order valence-electron chi connectivity index (χ2n) is 7.85. The largest absolute Gasteiger partial charge is 0.493 e. The molecular formula is C25H30N2O6. The third kappa shape index (κ3) is 6.71. The summed E-state index contributed by atoms with van der Waals surface area (Å²) in [6.45, 7) is 2.73. The Morgan fingerprint density at radius 3 is 2.70 bits per heavy atom. The Kier molecular flexibility index (Phi) is 8.69. The number of benzene rings is 2. The number of carboxylic acids is 1. The van der Waals surface area contributed by atoms with Gasteiger partial charge in [-0.2, -0.15) is 0 Å². The molecular weight excluding hydrogens is 424 g/mol. The van der Waals surface area contributed by atoms with Gasteiger partial charge in [-0.25, -0.2) is 0 Å². The van der Waals surface area contributed by atoms with E-state index in [-0.39, 0.29) is 18.9 Å². The molecule has 0 bridgehead atoms. The highest BCUT2D eigenvalue weighted by Gasteiger charge is 2.33. The molecule has 2 aromatic rings. The van der Waals surface area contributed by atoms with Gasteiger partial charge in [0, 0.05) is 18.5 Å². The maximum Gasteiger partial charge on any atom is 0.307 e. The number of carboxylic acid groups (broad SMARTS) is 1. The Morgan fingerprint density at radius 1 is 1.15 bits per heavy atom. The average Bonchev–Trinajstić information content (AvgIpc) is 2.79. The van der Waals surface area contributed by atoms with E-state index in [1.165, 1.54) is 7.11 Å². The summed E-state index contributed by atoms with van der Waals surface area (Å²) in [5.41, 5.74) is 2.29. The predicted molar refractivity (Wildman–Crippen MR) is 125 cm³/mol. The SMILES string of the molecule is CO/N=C(\C)CCCCN1C(=O)C(CCOc2ccccc2CC(=O)O)Oc2ccccc21. The Labute approximate surface area is 193 Å². The number of rotatable bonds is 12. The monoisotopic (exact) mass is 454 g/mol. The second kappa shape index (κ2) is 11.9. The number of nitrogens with zero attached hydrogens (tertiary/aromatic N) is 2. The minimum atomic E-state index is -0.923. The number of aliphatic carboxylic acids is 1. The molecule has 8 nitrogen and oxygen atoms in total. The normalized spacial score (nSPS) is 15.6. The topological polar surface area (TPSA) is 97.7 Å². The fraction of sp³-hybridized carbons (Fsp3) is 0.400. The number of carbonyl (C=O) groups is 2. The molecule has 1 N–H and O–H groups in total. The molecule has 1 unspecified atom stereocenters. The highest BCUT2D eigenvalue weighted by atomic mass is 16.6. The van der Waals surface area contributed by atoms with Crippen LogP contribution in [0.1, 0.15) is 38.2 Å². The second-order valence-corrected chi connectivity index (χ2v) is 7.85. The number of unbranched alkanes of at least 4 members (excludes halogenated alkanes) is 1. The first-order chi connectivity index (χ1) is 16.0. The predicted octanol–water partition coefficient (Wildman–Crippen LogP) is 4.07. The zero-order valence-electron chi connectivity index (χ0n) is 19.0. The van der Waals surface area contributed by atoms with Crippen LogP contribution >= 0.6 is 0 Å². The van der Waals surface area contributed by atoms with Crippen LogP contribution in [-0.2, 0) is 20.8 Å². The number of hydrogen-bond donors (Lipinski definition) is 1. The van der Waals surface area contributed by atoms with Crippen molar-refractivity contribution in [3.05, 3.63) is 54.1 Å². The van der Waals surface area contributed by atoms with Crippen LogP contribution in [0.3, 0.4) is 0 Å². The number of fused-ring (bicyclic) bond motifs is 1.